The Morgan fingerprint density at radius 1 is 1.21 bits per heavy atom. The summed E-state index contributed by atoms with van der Waals surface area (Å²) in [5.74, 6) is 0.180. The number of carbonyl (C=O) groups excluding carboxylic acids is 2. The number of likely N-dealkylation sites (tertiary alicyclic amines) is 1. The van der Waals surface area contributed by atoms with Crippen LogP contribution in [0.2, 0.25) is 0 Å². The Morgan fingerprint density at radius 3 is 2.71 bits per heavy atom. The van der Waals surface area contributed by atoms with Gasteiger partial charge in [-0.25, -0.2) is 4.39 Å². The van der Waals surface area contributed by atoms with Gasteiger partial charge < -0.3 is 19.4 Å². The Hall–Kier alpha value is -3.09. The second-order valence-electron chi connectivity index (χ2n) is 6.64. The average molecular weight is 386 g/mol. The number of benzene rings is 1. The van der Waals surface area contributed by atoms with Gasteiger partial charge >= 0.3 is 0 Å². The molecule has 1 aliphatic heterocycles. The molecule has 0 aliphatic carbocycles. The van der Waals surface area contributed by atoms with Gasteiger partial charge in [0.05, 0.1) is 6.26 Å². The molecule has 7 heteroatoms. The lowest BCUT2D eigenvalue weighted by Gasteiger charge is -2.31. The maximum atomic E-state index is 13.5. The van der Waals surface area contributed by atoms with E-state index in [9.17, 15) is 14.0 Å². The SMILES string of the molecule is O=C(COc1ccccc1F)NCC1CCN(C(=O)/C=C/c2ccco2)CC1. The molecule has 148 valence electrons. The lowest BCUT2D eigenvalue weighted by atomic mass is 9.96. The van der Waals surface area contributed by atoms with Gasteiger partial charge in [-0.05, 0) is 49.1 Å². The molecule has 1 N–H and O–H groups in total. The van der Waals surface area contributed by atoms with Crippen molar-refractivity contribution in [2.45, 2.75) is 12.8 Å². The third-order valence-electron chi connectivity index (χ3n) is 4.64. The number of piperidine rings is 1. The first-order chi connectivity index (χ1) is 13.6. The van der Waals surface area contributed by atoms with Crippen LogP contribution in [0, 0.1) is 11.7 Å². The first-order valence-corrected chi connectivity index (χ1v) is 9.26. The van der Waals surface area contributed by atoms with Gasteiger partial charge in [0.15, 0.2) is 18.2 Å². The van der Waals surface area contributed by atoms with Crippen molar-refractivity contribution in [2.75, 3.05) is 26.2 Å². The fourth-order valence-electron chi connectivity index (χ4n) is 3.02. The number of amides is 2. The maximum absolute atomic E-state index is 13.5. The van der Waals surface area contributed by atoms with Crippen LogP contribution in [0.5, 0.6) is 5.75 Å². The zero-order valence-corrected chi connectivity index (χ0v) is 15.5. The molecule has 2 amide bonds. The number of hydrogen-bond donors (Lipinski definition) is 1. The van der Waals surface area contributed by atoms with Gasteiger partial charge in [-0.15, -0.1) is 0 Å². The Labute approximate surface area is 163 Å². The summed E-state index contributed by atoms with van der Waals surface area (Å²) in [7, 11) is 0. The summed E-state index contributed by atoms with van der Waals surface area (Å²) in [6.07, 6.45) is 6.36. The molecule has 1 aromatic carbocycles. The van der Waals surface area contributed by atoms with Crippen molar-refractivity contribution in [3.63, 3.8) is 0 Å². The molecule has 0 unspecified atom stereocenters. The van der Waals surface area contributed by atoms with Crippen molar-refractivity contribution in [3.8, 4) is 5.75 Å². The summed E-state index contributed by atoms with van der Waals surface area (Å²) < 4.78 is 23.8. The Bertz CT molecular complexity index is 812. The highest BCUT2D eigenvalue weighted by atomic mass is 19.1. The van der Waals surface area contributed by atoms with Crippen LogP contribution in [-0.4, -0.2) is 43.0 Å². The number of carbonyl (C=O) groups is 2. The van der Waals surface area contributed by atoms with E-state index in [1.807, 2.05) is 0 Å². The molecule has 1 fully saturated rings. The minimum absolute atomic E-state index is 0.0443. The van der Waals surface area contributed by atoms with Gasteiger partial charge in [-0.1, -0.05) is 12.1 Å². The van der Waals surface area contributed by atoms with Crippen LogP contribution in [-0.2, 0) is 9.59 Å². The predicted octanol–water partition coefficient (Wildman–Crippen LogP) is 2.87. The predicted molar refractivity (Wildman–Crippen MR) is 102 cm³/mol. The quantitative estimate of drug-likeness (QED) is 0.743. The highest BCUT2D eigenvalue weighted by Gasteiger charge is 2.22. The van der Waals surface area contributed by atoms with E-state index in [2.05, 4.69) is 5.32 Å². The molecule has 2 heterocycles. The van der Waals surface area contributed by atoms with E-state index in [4.69, 9.17) is 9.15 Å². The molecule has 1 aliphatic rings. The molecular formula is C21H23FN2O4. The van der Waals surface area contributed by atoms with Crippen molar-refractivity contribution in [2.24, 2.45) is 5.92 Å². The number of rotatable bonds is 7. The number of para-hydroxylation sites is 1. The molecule has 2 aromatic rings. The summed E-state index contributed by atoms with van der Waals surface area (Å²) in [6.45, 7) is 1.58. The number of hydrogen-bond acceptors (Lipinski definition) is 4. The normalized spacial score (nSPS) is 15.0. The van der Waals surface area contributed by atoms with Gasteiger partial charge in [0.2, 0.25) is 5.91 Å². The van der Waals surface area contributed by atoms with Gasteiger partial charge in [-0.2, -0.15) is 0 Å². The lowest BCUT2D eigenvalue weighted by molar-refractivity contribution is -0.128. The summed E-state index contributed by atoms with van der Waals surface area (Å²) in [5, 5.41) is 2.81. The van der Waals surface area contributed by atoms with Gasteiger partial charge in [0, 0.05) is 25.7 Å². The molecule has 0 spiro atoms. The average Bonchev–Trinajstić information content (AvgIpc) is 3.24. The van der Waals surface area contributed by atoms with Crippen molar-refractivity contribution in [3.05, 3.63) is 60.3 Å². The van der Waals surface area contributed by atoms with Crippen LogP contribution >= 0.6 is 0 Å². The summed E-state index contributed by atoms with van der Waals surface area (Å²) in [4.78, 5) is 25.9. The highest BCUT2D eigenvalue weighted by molar-refractivity contribution is 5.91. The molecule has 0 radical (unpaired) electrons. The minimum atomic E-state index is -0.492. The highest BCUT2D eigenvalue weighted by Crippen LogP contribution is 2.17. The van der Waals surface area contributed by atoms with Crippen molar-refractivity contribution in [1.82, 2.24) is 10.2 Å². The first kappa shape index (κ1) is 19.7. The third-order valence-corrected chi connectivity index (χ3v) is 4.64. The smallest absolute Gasteiger partial charge is 0.257 e. The second kappa shape index (κ2) is 9.73. The molecule has 0 atom stereocenters. The Kier molecular flexibility index (Phi) is 6.84. The number of nitrogens with one attached hydrogen (secondary N) is 1. The molecule has 6 nitrogen and oxygen atoms in total. The minimum Gasteiger partial charge on any atom is -0.481 e. The summed E-state index contributed by atoms with van der Waals surface area (Å²) >= 11 is 0. The van der Waals surface area contributed by atoms with E-state index in [-0.39, 0.29) is 24.2 Å². The monoisotopic (exact) mass is 386 g/mol. The molecular weight excluding hydrogens is 363 g/mol. The molecule has 0 bridgehead atoms. The number of halogens is 1. The third kappa shape index (κ3) is 5.70. The van der Waals surface area contributed by atoms with Gasteiger partial charge in [0.1, 0.15) is 5.76 Å². The van der Waals surface area contributed by atoms with E-state index in [1.165, 1.54) is 18.2 Å². The standard InChI is InChI=1S/C21H23FN2O4/c22-18-5-1-2-6-19(18)28-15-20(25)23-14-16-9-11-24(12-10-16)21(26)8-7-17-4-3-13-27-17/h1-8,13,16H,9-12,14-15H2,(H,23,25)/b8-7+. The van der Waals surface area contributed by atoms with Crippen LogP contribution in [0.3, 0.4) is 0 Å². The van der Waals surface area contributed by atoms with E-state index in [0.717, 1.165) is 12.8 Å². The van der Waals surface area contributed by atoms with Crippen LogP contribution < -0.4 is 10.1 Å². The van der Waals surface area contributed by atoms with E-state index in [1.54, 1.807) is 41.5 Å². The van der Waals surface area contributed by atoms with Crippen molar-refractivity contribution in [1.29, 1.82) is 0 Å². The topological polar surface area (TPSA) is 71.8 Å². The van der Waals surface area contributed by atoms with Crippen molar-refractivity contribution >= 4 is 17.9 Å². The summed E-state index contributed by atoms with van der Waals surface area (Å²) in [6, 6.07) is 9.53. The van der Waals surface area contributed by atoms with Gasteiger partial charge in [0.25, 0.3) is 5.91 Å². The van der Waals surface area contributed by atoms with Crippen LogP contribution in [0.1, 0.15) is 18.6 Å². The number of furan rings is 1. The zero-order valence-electron chi connectivity index (χ0n) is 15.5. The van der Waals surface area contributed by atoms with Crippen LogP contribution in [0.15, 0.2) is 53.2 Å². The molecule has 3 rings (SSSR count). The largest absolute Gasteiger partial charge is 0.481 e. The maximum Gasteiger partial charge on any atom is 0.257 e. The van der Waals surface area contributed by atoms with E-state index >= 15 is 0 Å². The van der Waals surface area contributed by atoms with Gasteiger partial charge in [-0.3, -0.25) is 9.59 Å². The first-order valence-electron chi connectivity index (χ1n) is 9.26. The molecule has 28 heavy (non-hydrogen) atoms. The molecule has 0 saturated carbocycles. The Morgan fingerprint density at radius 2 is 2.00 bits per heavy atom. The zero-order chi connectivity index (χ0) is 19.8. The lowest BCUT2D eigenvalue weighted by Crippen LogP contribution is -2.41. The van der Waals surface area contributed by atoms with Crippen LogP contribution in [0.25, 0.3) is 6.08 Å². The van der Waals surface area contributed by atoms with E-state index < -0.39 is 5.82 Å². The van der Waals surface area contributed by atoms with Crippen LogP contribution in [0.4, 0.5) is 4.39 Å². The molecule has 1 saturated heterocycles. The van der Waals surface area contributed by atoms with Crippen molar-refractivity contribution < 1.29 is 23.1 Å². The second-order valence-corrected chi connectivity index (χ2v) is 6.64. The Balaban J connectivity index is 1.34. The number of nitrogens with zero attached hydrogens (tertiary/aromatic N) is 1. The fraction of sp³-hybridized carbons (Fsp3) is 0.333. The fourth-order valence-corrected chi connectivity index (χ4v) is 3.02. The molecule has 1 aromatic heterocycles. The van der Waals surface area contributed by atoms with E-state index in [0.29, 0.717) is 31.3 Å². The summed E-state index contributed by atoms with van der Waals surface area (Å²) in [5.41, 5.74) is 0. The number of ether oxygens (including phenoxy) is 1.